The van der Waals surface area contributed by atoms with E-state index in [1.165, 1.54) is 11.1 Å². The first-order valence-electron chi connectivity index (χ1n) is 15.8. The average Bonchev–Trinajstić information content (AvgIpc) is 3.89. The fourth-order valence-corrected chi connectivity index (χ4v) is 7.31. The molecule has 1 aliphatic carbocycles. The number of fused-ring (bicyclic) bond motifs is 2. The van der Waals surface area contributed by atoms with E-state index < -0.39 is 0 Å². The number of halogens is 3. The Morgan fingerprint density at radius 1 is 0.978 bits per heavy atom. The Hall–Kier alpha value is -2.58. The molecule has 3 aromatic rings. The number of amides is 1. The van der Waals surface area contributed by atoms with Crippen LogP contribution in [-0.2, 0) is 24.3 Å². The fourth-order valence-electron chi connectivity index (χ4n) is 6.64. The molecule has 0 spiro atoms. The molecule has 45 heavy (non-hydrogen) atoms. The average molecular weight is 668 g/mol. The number of nitrogens with zero attached hydrogens (tertiary/aromatic N) is 2. The molecule has 2 bridgehead atoms. The van der Waals surface area contributed by atoms with Crippen LogP contribution in [0, 0.1) is 6.92 Å². The number of rotatable bonds is 11. The van der Waals surface area contributed by atoms with Crippen LogP contribution in [-0.4, -0.2) is 67.6 Å². The smallest absolute Gasteiger partial charge is 0.252 e. The SMILES string of the molecule is COc1cccc(CN(C(=O)C2=C(c3ccc(CCN(C)Cc4c(Cl)ccc(Cl)c4Cl)cc3)CC3CNC[C@H]2N3)C2CC2)c1C. The topological polar surface area (TPSA) is 56.8 Å². The Kier molecular flexibility index (Phi) is 10.1. The zero-order valence-corrected chi connectivity index (χ0v) is 28.4. The Labute approximate surface area is 281 Å². The molecule has 3 aromatic carbocycles. The third-order valence-corrected chi connectivity index (χ3v) is 10.6. The van der Waals surface area contributed by atoms with Crippen molar-refractivity contribution in [2.24, 2.45) is 0 Å². The summed E-state index contributed by atoms with van der Waals surface area (Å²) in [4.78, 5) is 18.8. The van der Waals surface area contributed by atoms with Crippen LogP contribution >= 0.6 is 34.8 Å². The summed E-state index contributed by atoms with van der Waals surface area (Å²) in [6.45, 7) is 5.78. The van der Waals surface area contributed by atoms with Crippen molar-refractivity contribution in [1.29, 1.82) is 0 Å². The van der Waals surface area contributed by atoms with E-state index in [-0.39, 0.29) is 18.0 Å². The minimum atomic E-state index is -0.00822. The van der Waals surface area contributed by atoms with Gasteiger partial charge in [0, 0.05) is 61.0 Å². The predicted molar refractivity (Wildman–Crippen MR) is 184 cm³/mol. The number of hydrogen-bond acceptors (Lipinski definition) is 5. The zero-order chi connectivity index (χ0) is 31.7. The van der Waals surface area contributed by atoms with Gasteiger partial charge in [-0.3, -0.25) is 4.79 Å². The molecule has 6 rings (SSSR count). The molecule has 3 aliphatic rings. The van der Waals surface area contributed by atoms with Gasteiger partial charge in [-0.1, -0.05) is 71.2 Å². The summed E-state index contributed by atoms with van der Waals surface area (Å²) in [5.74, 6) is 1.01. The van der Waals surface area contributed by atoms with Gasteiger partial charge in [-0.15, -0.1) is 0 Å². The summed E-state index contributed by atoms with van der Waals surface area (Å²) >= 11 is 19.1. The molecule has 0 radical (unpaired) electrons. The maximum absolute atomic E-state index is 14.5. The largest absolute Gasteiger partial charge is 0.496 e. The van der Waals surface area contributed by atoms with E-state index in [1.807, 2.05) is 12.1 Å². The Morgan fingerprint density at radius 2 is 1.73 bits per heavy atom. The molecule has 1 saturated heterocycles. The zero-order valence-electron chi connectivity index (χ0n) is 26.1. The second-order valence-corrected chi connectivity index (χ2v) is 13.8. The van der Waals surface area contributed by atoms with E-state index in [9.17, 15) is 4.79 Å². The highest BCUT2D eigenvalue weighted by atomic mass is 35.5. The van der Waals surface area contributed by atoms with Crippen molar-refractivity contribution in [2.75, 3.05) is 33.8 Å². The normalized spacial score (nSPS) is 19.6. The molecule has 238 valence electrons. The fraction of sp³-hybridized carbons (Fsp3) is 0.417. The van der Waals surface area contributed by atoms with Crippen LogP contribution in [0.25, 0.3) is 5.57 Å². The van der Waals surface area contributed by atoms with Gasteiger partial charge in [0.2, 0.25) is 0 Å². The quantitative estimate of drug-likeness (QED) is 0.218. The minimum absolute atomic E-state index is 0.00822. The van der Waals surface area contributed by atoms with Crippen molar-refractivity contribution < 1.29 is 9.53 Å². The molecule has 1 saturated carbocycles. The lowest BCUT2D eigenvalue weighted by Gasteiger charge is -2.41. The van der Waals surface area contributed by atoms with Crippen molar-refractivity contribution in [3.05, 3.63) is 103 Å². The maximum Gasteiger partial charge on any atom is 0.252 e. The number of piperazine rings is 1. The van der Waals surface area contributed by atoms with Crippen molar-refractivity contribution in [1.82, 2.24) is 20.4 Å². The van der Waals surface area contributed by atoms with Crippen LogP contribution in [0.1, 0.15) is 47.1 Å². The van der Waals surface area contributed by atoms with Crippen molar-refractivity contribution >= 4 is 46.3 Å². The Bertz CT molecular complexity index is 1590. The monoisotopic (exact) mass is 666 g/mol. The second kappa shape index (κ2) is 14.0. The number of nitrogens with one attached hydrogen (secondary N) is 2. The molecule has 1 unspecified atom stereocenters. The van der Waals surface area contributed by atoms with Gasteiger partial charge in [0.15, 0.2) is 0 Å². The van der Waals surface area contributed by atoms with Crippen molar-refractivity contribution in [3.63, 3.8) is 0 Å². The summed E-state index contributed by atoms with van der Waals surface area (Å²) in [6, 6.07) is 19.0. The first kappa shape index (κ1) is 32.4. The third-order valence-electron chi connectivity index (χ3n) is 9.39. The molecule has 2 aliphatic heterocycles. The van der Waals surface area contributed by atoms with E-state index in [4.69, 9.17) is 39.5 Å². The van der Waals surface area contributed by atoms with Crippen LogP contribution in [0.5, 0.6) is 5.75 Å². The van der Waals surface area contributed by atoms with Crippen LogP contribution in [0.4, 0.5) is 0 Å². The van der Waals surface area contributed by atoms with Gasteiger partial charge < -0.3 is 25.2 Å². The highest BCUT2D eigenvalue weighted by molar-refractivity contribution is 6.44. The van der Waals surface area contributed by atoms with Gasteiger partial charge in [0.1, 0.15) is 5.75 Å². The summed E-state index contributed by atoms with van der Waals surface area (Å²) < 4.78 is 5.58. The molecule has 2 fully saturated rings. The lowest BCUT2D eigenvalue weighted by Crippen LogP contribution is -2.60. The number of methoxy groups -OCH3 is 1. The van der Waals surface area contributed by atoms with Crippen molar-refractivity contribution in [2.45, 2.75) is 63.8 Å². The summed E-state index contributed by atoms with van der Waals surface area (Å²) in [5.41, 5.74) is 7.54. The number of benzene rings is 3. The molecule has 6 nitrogen and oxygen atoms in total. The predicted octanol–water partition coefficient (Wildman–Crippen LogP) is 6.92. The van der Waals surface area contributed by atoms with Gasteiger partial charge in [0.25, 0.3) is 5.91 Å². The first-order valence-corrected chi connectivity index (χ1v) is 16.9. The number of likely N-dealkylation sites (N-methyl/N-ethyl adjacent to an activating group) is 1. The van der Waals surface area contributed by atoms with E-state index in [0.29, 0.717) is 34.2 Å². The van der Waals surface area contributed by atoms with Gasteiger partial charge in [-0.25, -0.2) is 0 Å². The molecule has 1 amide bonds. The van der Waals surface area contributed by atoms with E-state index in [2.05, 4.69) is 64.7 Å². The van der Waals surface area contributed by atoms with Gasteiger partial charge in [-0.2, -0.15) is 0 Å². The summed E-state index contributed by atoms with van der Waals surface area (Å²) in [5, 5.41) is 8.95. The molecular weight excluding hydrogens is 627 g/mol. The van der Waals surface area contributed by atoms with Crippen LogP contribution in [0.3, 0.4) is 0 Å². The van der Waals surface area contributed by atoms with Gasteiger partial charge in [0.05, 0.1) is 23.2 Å². The highest BCUT2D eigenvalue weighted by Crippen LogP contribution is 2.37. The first-order chi connectivity index (χ1) is 21.7. The van der Waals surface area contributed by atoms with Crippen LogP contribution in [0.2, 0.25) is 15.1 Å². The number of carbonyl (C=O) groups is 1. The molecular formula is C36H41Cl3N4O2. The Morgan fingerprint density at radius 3 is 2.47 bits per heavy atom. The van der Waals surface area contributed by atoms with Gasteiger partial charge >= 0.3 is 0 Å². The molecule has 2 N–H and O–H groups in total. The highest BCUT2D eigenvalue weighted by Gasteiger charge is 2.41. The number of hydrogen-bond donors (Lipinski definition) is 2. The van der Waals surface area contributed by atoms with Crippen LogP contribution in [0.15, 0.2) is 60.2 Å². The number of ether oxygens (including phenoxy) is 1. The molecule has 9 heteroatoms. The van der Waals surface area contributed by atoms with Crippen LogP contribution < -0.4 is 15.4 Å². The second-order valence-electron chi connectivity index (χ2n) is 12.6. The van der Waals surface area contributed by atoms with Gasteiger partial charge in [-0.05, 0) is 85.7 Å². The lowest BCUT2D eigenvalue weighted by atomic mass is 9.83. The third kappa shape index (κ3) is 7.22. The van der Waals surface area contributed by atoms with E-state index >= 15 is 0 Å². The molecule has 2 atom stereocenters. The standard InChI is InChI=1S/C36H41Cl3N4O2/c1-22-25(5-4-6-33(22)45-3)20-43(27-11-12-27)36(44)34-28(17-26-18-40-19-32(34)41-26)24-9-7-23(8-10-24)15-16-42(2)21-29-30(37)13-14-31(38)35(29)39/h4-10,13-14,26-27,32,40-41H,11-12,15-21H2,1-3H3/t26?,32-/m1/s1. The van der Waals surface area contributed by atoms with E-state index in [1.54, 1.807) is 19.2 Å². The lowest BCUT2D eigenvalue weighted by molar-refractivity contribution is -0.128. The summed E-state index contributed by atoms with van der Waals surface area (Å²) in [7, 11) is 3.76. The maximum atomic E-state index is 14.5. The minimum Gasteiger partial charge on any atom is -0.496 e. The molecule has 0 aromatic heterocycles. The molecule has 2 heterocycles. The van der Waals surface area contributed by atoms with E-state index in [0.717, 1.165) is 78.9 Å². The summed E-state index contributed by atoms with van der Waals surface area (Å²) in [6.07, 6.45) is 3.80. The number of carbonyl (C=O) groups excluding carboxylic acids is 1. The van der Waals surface area contributed by atoms with Crippen molar-refractivity contribution in [3.8, 4) is 5.75 Å². The Balaban J connectivity index is 1.22.